The number of rotatable bonds is 8. The zero-order valence-electron chi connectivity index (χ0n) is 20.0. The summed E-state index contributed by atoms with van der Waals surface area (Å²) in [6.45, 7) is 7.34. The second-order valence-electron chi connectivity index (χ2n) is 8.99. The van der Waals surface area contributed by atoms with Crippen molar-refractivity contribution in [3.63, 3.8) is 0 Å². The molecule has 1 aliphatic rings. The van der Waals surface area contributed by atoms with E-state index < -0.39 is 41.2 Å². The van der Waals surface area contributed by atoms with Crippen LogP contribution < -0.4 is 21.5 Å². The van der Waals surface area contributed by atoms with E-state index in [1.54, 1.807) is 6.92 Å². The molecule has 0 aromatic heterocycles. The van der Waals surface area contributed by atoms with Gasteiger partial charge in [0.15, 0.2) is 5.96 Å². The Morgan fingerprint density at radius 3 is 2.46 bits per heavy atom. The van der Waals surface area contributed by atoms with Crippen molar-refractivity contribution < 1.29 is 32.2 Å². The standard InChI is InChI=1S/C23H30ClF3N4O4/c1-5-34-20(33)16(7-6-8-30-21(28)29)31-19(32)13-9-12-10-15(24)14(22(2,3)4)11-17(12)35-18(13)23(25,26)27/h9-11,16,18H,5-8H2,1-4H3,(H,31,32)(H4,28,29,30)/t16-,18-/m0/s1. The van der Waals surface area contributed by atoms with Crippen LogP contribution in [0, 0.1) is 0 Å². The molecule has 0 radical (unpaired) electrons. The van der Waals surface area contributed by atoms with Crippen LogP contribution in [0.5, 0.6) is 5.75 Å². The smallest absolute Gasteiger partial charge is 0.429 e. The molecule has 1 aromatic rings. The van der Waals surface area contributed by atoms with Crippen LogP contribution in [0.2, 0.25) is 5.02 Å². The van der Waals surface area contributed by atoms with Crippen LogP contribution in [-0.2, 0) is 19.7 Å². The molecular formula is C23H30ClF3N4O4. The molecule has 1 aliphatic heterocycles. The number of nitrogens with one attached hydrogen (secondary N) is 1. The number of esters is 1. The van der Waals surface area contributed by atoms with E-state index in [9.17, 15) is 22.8 Å². The number of hydrogen-bond donors (Lipinski definition) is 3. The Kier molecular flexibility index (Phi) is 9.05. The molecule has 0 unspecified atom stereocenters. The highest BCUT2D eigenvalue weighted by Gasteiger charge is 2.49. The number of carbonyl (C=O) groups excluding carboxylic acids is 2. The first-order valence-corrected chi connectivity index (χ1v) is 11.3. The van der Waals surface area contributed by atoms with Gasteiger partial charge in [-0.05, 0) is 49.0 Å². The Morgan fingerprint density at radius 2 is 1.91 bits per heavy atom. The Bertz CT molecular complexity index is 1020. The van der Waals surface area contributed by atoms with E-state index in [0.717, 1.165) is 6.08 Å². The number of nitrogens with two attached hydrogens (primary N) is 2. The molecule has 2 atom stereocenters. The molecule has 1 amide bonds. The summed E-state index contributed by atoms with van der Waals surface area (Å²) in [6, 6.07) is 1.70. The number of hydrogen-bond acceptors (Lipinski definition) is 5. The molecule has 0 bridgehead atoms. The summed E-state index contributed by atoms with van der Waals surface area (Å²) in [7, 11) is 0. The molecule has 5 N–H and O–H groups in total. The summed E-state index contributed by atoms with van der Waals surface area (Å²) in [6.07, 6.45) is -6.03. The summed E-state index contributed by atoms with van der Waals surface area (Å²) >= 11 is 6.36. The Morgan fingerprint density at radius 1 is 1.26 bits per heavy atom. The number of halogens is 4. The van der Waals surface area contributed by atoms with Crippen molar-refractivity contribution in [2.75, 3.05) is 13.2 Å². The molecule has 2 rings (SSSR count). The molecule has 0 saturated carbocycles. The van der Waals surface area contributed by atoms with Gasteiger partial charge in [-0.1, -0.05) is 32.4 Å². The third-order valence-corrected chi connectivity index (χ3v) is 5.44. The van der Waals surface area contributed by atoms with Gasteiger partial charge in [-0.25, -0.2) is 4.79 Å². The summed E-state index contributed by atoms with van der Waals surface area (Å²) in [5.41, 5.74) is 10.2. The maximum Gasteiger partial charge on any atom is 0.429 e. The van der Waals surface area contributed by atoms with E-state index in [0.29, 0.717) is 10.6 Å². The van der Waals surface area contributed by atoms with E-state index in [-0.39, 0.29) is 43.3 Å². The quantitative estimate of drug-likeness (QED) is 0.209. The molecule has 35 heavy (non-hydrogen) atoms. The highest BCUT2D eigenvalue weighted by Crippen LogP contribution is 2.42. The number of aliphatic imine (C=N–C) groups is 1. The molecule has 12 heteroatoms. The Labute approximate surface area is 206 Å². The minimum Gasteiger partial charge on any atom is -0.475 e. The lowest BCUT2D eigenvalue weighted by molar-refractivity contribution is -0.185. The topological polar surface area (TPSA) is 129 Å². The van der Waals surface area contributed by atoms with E-state index in [2.05, 4.69) is 10.3 Å². The van der Waals surface area contributed by atoms with Crippen molar-refractivity contribution in [3.05, 3.63) is 33.9 Å². The molecule has 0 fully saturated rings. The largest absolute Gasteiger partial charge is 0.475 e. The second-order valence-corrected chi connectivity index (χ2v) is 9.39. The molecule has 0 spiro atoms. The fourth-order valence-electron chi connectivity index (χ4n) is 3.46. The average molecular weight is 519 g/mol. The molecule has 1 heterocycles. The first-order valence-electron chi connectivity index (χ1n) is 11.0. The van der Waals surface area contributed by atoms with Crippen LogP contribution in [0.25, 0.3) is 6.08 Å². The number of nitrogens with zero attached hydrogens (tertiary/aromatic N) is 1. The highest BCUT2D eigenvalue weighted by molar-refractivity contribution is 6.31. The van der Waals surface area contributed by atoms with Gasteiger partial charge < -0.3 is 26.3 Å². The van der Waals surface area contributed by atoms with Crippen LogP contribution in [0.3, 0.4) is 0 Å². The molecule has 8 nitrogen and oxygen atoms in total. The van der Waals surface area contributed by atoms with Crippen LogP contribution in [-0.4, -0.2) is 49.3 Å². The number of benzene rings is 1. The number of fused-ring (bicyclic) bond motifs is 1. The summed E-state index contributed by atoms with van der Waals surface area (Å²) in [5, 5.41) is 2.66. The fourth-order valence-corrected chi connectivity index (χ4v) is 3.91. The van der Waals surface area contributed by atoms with Crippen molar-refractivity contribution in [1.29, 1.82) is 0 Å². The average Bonchev–Trinajstić information content (AvgIpc) is 2.72. The summed E-state index contributed by atoms with van der Waals surface area (Å²) in [5.74, 6) is -2.10. The van der Waals surface area contributed by atoms with Crippen LogP contribution in [0.4, 0.5) is 13.2 Å². The van der Waals surface area contributed by atoms with Gasteiger partial charge in [0.25, 0.3) is 5.91 Å². The van der Waals surface area contributed by atoms with E-state index in [1.807, 2.05) is 20.8 Å². The summed E-state index contributed by atoms with van der Waals surface area (Å²) in [4.78, 5) is 29.1. The number of ether oxygens (including phenoxy) is 2. The van der Waals surface area contributed by atoms with E-state index in [1.165, 1.54) is 12.1 Å². The van der Waals surface area contributed by atoms with Gasteiger partial charge in [0.05, 0.1) is 12.2 Å². The third kappa shape index (κ3) is 7.51. The van der Waals surface area contributed by atoms with Gasteiger partial charge in [0, 0.05) is 17.1 Å². The molecule has 1 aromatic carbocycles. The fraction of sp³-hybridized carbons (Fsp3) is 0.522. The molecule has 0 saturated heterocycles. The number of guanidine groups is 1. The zero-order valence-corrected chi connectivity index (χ0v) is 20.7. The highest BCUT2D eigenvalue weighted by atomic mass is 35.5. The predicted octanol–water partition coefficient (Wildman–Crippen LogP) is 3.45. The van der Waals surface area contributed by atoms with Crippen molar-refractivity contribution >= 4 is 35.5 Å². The second kappa shape index (κ2) is 11.2. The maximum absolute atomic E-state index is 13.9. The lowest BCUT2D eigenvalue weighted by Crippen LogP contribution is -2.48. The normalized spacial score (nSPS) is 16.3. The zero-order chi connectivity index (χ0) is 26.6. The van der Waals surface area contributed by atoms with Crippen molar-refractivity contribution in [1.82, 2.24) is 5.32 Å². The predicted molar refractivity (Wildman–Crippen MR) is 127 cm³/mol. The van der Waals surface area contributed by atoms with Gasteiger partial charge in [-0.2, -0.15) is 13.2 Å². The monoisotopic (exact) mass is 518 g/mol. The van der Waals surface area contributed by atoms with E-state index >= 15 is 0 Å². The van der Waals surface area contributed by atoms with Gasteiger partial charge >= 0.3 is 12.1 Å². The SMILES string of the molecule is CCOC(=O)[C@H](CCCN=C(N)N)NC(=O)C1=Cc2cc(Cl)c(C(C)(C)C)cc2O[C@@H]1C(F)(F)F. The first-order chi connectivity index (χ1) is 16.1. The minimum absolute atomic E-state index is 0.0259. The Hall–Kier alpha value is -2.95. The minimum atomic E-state index is -4.89. The van der Waals surface area contributed by atoms with Crippen LogP contribution in [0.1, 0.15) is 51.7 Å². The molecule has 0 aliphatic carbocycles. The third-order valence-electron chi connectivity index (χ3n) is 5.13. The van der Waals surface area contributed by atoms with Gasteiger partial charge in [0.1, 0.15) is 11.8 Å². The molecular weight excluding hydrogens is 489 g/mol. The van der Waals surface area contributed by atoms with Crippen LogP contribution in [0.15, 0.2) is 22.7 Å². The van der Waals surface area contributed by atoms with E-state index in [4.69, 9.17) is 32.5 Å². The lowest BCUT2D eigenvalue weighted by atomic mass is 9.85. The van der Waals surface area contributed by atoms with Gasteiger partial charge in [-0.15, -0.1) is 0 Å². The Balaban J connectivity index is 2.39. The van der Waals surface area contributed by atoms with Crippen molar-refractivity contribution in [3.8, 4) is 5.75 Å². The number of carbonyl (C=O) groups is 2. The number of amides is 1. The van der Waals surface area contributed by atoms with Crippen molar-refractivity contribution in [2.24, 2.45) is 16.5 Å². The first kappa shape index (κ1) is 28.3. The van der Waals surface area contributed by atoms with Crippen molar-refractivity contribution in [2.45, 2.75) is 64.3 Å². The van der Waals surface area contributed by atoms with Crippen LogP contribution >= 0.6 is 11.6 Å². The van der Waals surface area contributed by atoms with Gasteiger partial charge in [-0.3, -0.25) is 9.79 Å². The molecule has 194 valence electrons. The lowest BCUT2D eigenvalue weighted by Gasteiger charge is -2.31. The number of alkyl halides is 3. The van der Waals surface area contributed by atoms with Gasteiger partial charge in [0.2, 0.25) is 6.10 Å². The summed E-state index contributed by atoms with van der Waals surface area (Å²) < 4.78 is 51.9. The maximum atomic E-state index is 13.9.